The Balaban J connectivity index is 1.18. The van der Waals surface area contributed by atoms with Gasteiger partial charge in [0.25, 0.3) is 0 Å². The molecule has 1 aromatic heterocycles. The van der Waals surface area contributed by atoms with E-state index >= 15 is 0 Å². The van der Waals surface area contributed by atoms with Crippen LogP contribution >= 0.6 is 0 Å². The van der Waals surface area contributed by atoms with Crippen molar-refractivity contribution in [1.29, 1.82) is 0 Å². The molecule has 0 aliphatic carbocycles. The Bertz CT molecular complexity index is 3310. The van der Waals surface area contributed by atoms with Crippen LogP contribution in [0.15, 0.2) is 241 Å². The van der Waals surface area contributed by atoms with E-state index in [1.165, 1.54) is 38.6 Å². The van der Waals surface area contributed by atoms with E-state index in [4.69, 9.17) is 4.42 Å². The van der Waals surface area contributed by atoms with E-state index in [0.717, 1.165) is 66.8 Å². The van der Waals surface area contributed by atoms with Crippen molar-refractivity contribution >= 4 is 49.8 Å². The third-order valence-corrected chi connectivity index (χ3v) is 11.7. The fraction of sp³-hybridized carbons (Fsp3) is 0. The Morgan fingerprint density at radius 1 is 0.300 bits per heavy atom. The minimum atomic E-state index is 0.891. The molecule has 0 saturated carbocycles. The molecule has 11 rings (SSSR count). The van der Waals surface area contributed by atoms with Gasteiger partial charge in [0, 0.05) is 33.2 Å². The fourth-order valence-corrected chi connectivity index (χ4v) is 8.91. The zero-order chi connectivity index (χ0) is 39.8. The third-order valence-electron chi connectivity index (χ3n) is 11.7. The highest BCUT2D eigenvalue weighted by atomic mass is 16.3. The van der Waals surface area contributed by atoms with Crippen LogP contribution < -0.4 is 4.90 Å². The van der Waals surface area contributed by atoms with Gasteiger partial charge in [-0.25, -0.2) is 0 Å². The molecule has 282 valence electrons. The Morgan fingerprint density at radius 2 is 0.850 bits per heavy atom. The van der Waals surface area contributed by atoms with Crippen molar-refractivity contribution in [3.05, 3.63) is 237 Å². The summed E-state index contributed by atoms with van der Waals surface area (Å²) in [5, 5.41) is 4.67. The van der Waals surface area contributed by atoms with Crippen molar-refractivity contribution in [2.75, 3.05) is 4.90 Å². The van der Waals surface area contributed by atoms with E-state index < -0.39 is 0 Å². The van der Waals surface area contributed by atoms with Gasteiger partial charge >= 0.3 is 0 Å². The number of para-hydroxylation sites is 3. The minimum absolute atomic E-state index is 0.891. The van der Waals surface area contributed by atoms with Gasteiger partial charge in [-0.15, -0.1) is 0 Å². The molecule has 0 aliphatic heterocycles. The van der Waals surface area contributed by atoms with Crippen LogP contribution in [-0.2, 0) is 0 Å². The highest BCUT2D eigenvalue weighted by Crippen LogP contribution is 2.48. The SMILES string of the molecule is c1ccc(-c2ccc(N(c3cccc(-c4cccc5c4oc4ccccc45)c3)c3ccccc3-c3cccc4cccc(-c5ccccc5)c34)c(-c3ccccc3)c2)cc1. The van der Waals surface area contributed by atoms with Gasteiger partial charge in [0.2, 0.25) is 0 Å². The van der Waals surface area contributed by atoms with Crippen LogP contribution in [0.3, 0.4) is 0 Å². The van der Waals surface area contributed by atoms with Crippen LogP contribution in [0.25, 0.3) is 88.3 Å². The average molecular weight is 766 g/mol. The molecule has 0 amide bonds. The Hall–Kier alpha value is -7.94. The lowest BCUT2D eigenvalue weighted by atomic mass is 9.90. The summed E-state index contributed by atoms with van der Waals surface area (Å²) >= 11 is 0. The van der Waals surface area contributed by atoms with E-state index in [-0.39, 0.29) is 0 Å². The van der Waals surface area contributed by atoms with Crippen molar-refractivity contribution in [2.45, 2.75) is 0 Å². The van der Waals surface area contributed by atoms with Crippen LogP contribution in [0.1, 0.15) is 0 Å². The highest BCUT2D eigenvalue weighted by Gasteiger charge is 2.23. The van der Waals surface area contributed by atoms with Crippen molar-refractivity contribution in [2.24, 2.45) is 0 Å². The summed E-state index contributed by atoms with van der Waals surface area (Å²) in [5.41, 5.74) is 16.5. The highest BCUT2D eigenvalue weighted by molar-refractivity contribution is 6.11. The Kier molecular flexibility index (Phi) is 8.87. The number of rotatable bonds is 8. The van der Waals surface area contributed by atoms with Crippen molar-refractivity contribution in [3.63, 3.8) is 0 Å². The maximum atomic E-state index is 6.59. The van der Waals surface area contributed by atoms with Crippen molar-refractivity contribution in [1.82, 2.24) is 0 Å². The molecule has 0 spiro atoms. The van der Waals surface area contributed by atoms with Gasteiger partial charge in [-0.2, -0.15) is 0 Å². The molecule has 0 aliphatic rings. The first-order valence-corrected chi connectivity index (χ1v) is 20.5. The maximum absolute atomic E-state index is 6.59. The molecular weight excluding hydrogens is 727 g/mol. The first-order chi connectivity index (χ1) is 29.8. The fourth-order valence-electron chi connectivity index (χ4n) is 8.91. The van der Waals surface area contributed by atoms with Crippen LogP contribution in [0.5, 0.6) is 0 Å². The maximum Gasteiger partial charge on any atom is 0.143 e. The molecule has 0 bridgehead atoms. The minimum Gasteiger partial charge on any atom is -0.455 e. The van der Waals surface area contributed by atoms with E-state index in [9.17, 15) is 0 Å². The first-order valence-electron chi connectivity index (χ1n) is 20.5. The Morgan fingerprint density at radius 3 is 1.63 bits per heavy atom. The lowest BCUT2D eigenvalue weighted by Crippen LogP contribution is -2.13. The molecule has 60 heavy (non-hydrogen) atoms. The quantitative estimate of drug-likeness (QED) is 0.153. The number of furan rings is 1. The molecular formula is C58H39NO. The molecule has 0 unspecified atom stereocenters. The van der Waals surface area contributed by atoms with Gasteiger partial charge in [-0.05, 0) is 86.1 Å². The number of nitrogens with zero attached hydrogens (tertiary/aromatic N) is 1. The second-order valence-electron chi connectivity index (χ2n) is 15.2. The van der Waals surface area contributed by atoms with E-state index in [0.29, 0.717) is 0 Å². The summed E-state index contributed by atoms with van der Waals surface area (Å²) in [6.45, 7) is 0. The number of benzene rings is 10. The first kappa shape index (κ1) is 35.2. The lowest BCUT2D eigenvalue weighted by Gasteiger charge is -2.31. The number of hydrogen-bond donors (Lipinski definition) is 0. The zero-order valence-electron chi connectivity index (χ0n) is 32.9. The summed E-state index contributed by atoms with van der Waals surface area (Å²) in [6.07, 6.45) is 0. The van der Waals surface area contributed by atoms with Gasteiger partial charge < -0.3 is 9.32 Å². The van der Waals surface area contributed by atoms with E-state index in [1.807, 2.05) is 6.07 Å². The average Bonchev–Trinajstić information content (AvgIpc) is 3.72. The molecule has 11 aromatic rings. The molecule has 10 aromatic carbocycles. The zero-order valence-corrected chi connectivity index (χ0v) is 32.9. The van der Waals surface area contributed by atoms with Gasteiger partial charge in [-0.1, -0.05) is 200 Å². The predicted molar refractivity (Wildman–Crippen MR) is 253 cm³/mol. The molecule has 1 heterocycles. The van der Waals surface area contributed by atoms with E-state index in [2.05, 4.69) is 235 Å². The van der Waals surface area contributed by atoms with Gasteiger partial charge in [0.15, 0.2) is 0 Å². The van der Waals surface area contributed by atoms with Crippen LogP contribution in [0, 0.1) is 0 Å². The number of fused-ring (bicyclic) bond motifs is 4. The standard InChI is InChI=1S/C58H39NO/c1-4-18-40(19-5-1)44-36-37-55(53(39-44)42-22-8-3-9-23-42)59(46-27-14-26-45(38-46)48-31-17-33-52-50-29-11-13-35-56(50)60-58(48)52)54-34-12-10-28-49(54)51-32-16-25-43-24-15-30-47(57(43)51)41-20-6-2-7-21-41/h1-39H. The normalized spacial score (nSPS) is 11.3. The van der Waals surface area contributed by atoms with Crippen LogP contribution in [0.4, 0.5) is 17.1 Å². The summed E-state index contributed by atoms with van der Waals surface area (Å²) in [4.78, 5) is 2.46. The largest absolute Gasteiger partial charge is 0.455 e. The number of hydrogen-bond acceptors (Lipinski definition) is 2. The van der Waals surface area contributed by atoms with Crippen LogP contribution in [-0.4, -0.2) is 0 Å². The number of anilines is 3. The van der Waals surface area contributed by atoms with E-state index in [1.54, 1.807) is 0 Å². The van der Waals surface area contributed by atoms with Crippen LogP contribution in [0.2, 0.25) is 0 Å². The lowest BCUT2D eigenvalue weighted by molar-refractivity contribution is 0.670. The van der Waals surface area contributed by atoms with Gasteiger partial charge in [-0.3, -0.25) is 0 Å². The molecule has 2 heteroatoms. The van der Waals surface area contributed by atoms with Crippen molar-refractivity contribution in [3.8, 4) is 55.6 Å². The molecule has 0 fully saturated rings. The topological polar surface area (TPSA) is 16.4 Å². The summed E-state index contributed by atoms with van der Waals surface area (Å²) in [5.74, 6) is 0. The van der Waals surface area contributed by atoms with Gasteiger partial charge in [0.05, 0.1) is 11.4 Å². The molecule has 0 radical (unpaired) electrons. The second kappa shape index (κ2) is 15.1. The molecule has 0 saturated heterocycles. The molecule has 2 nitrogen and oxygen atoms in total. The summed E-state index contributed by atoms with van der Waals surface area (Å²) < 4.78 is 6.59. The smallest absolute Gasteiger partial charge is 0.143 e. The Labute approximate surface area is 349 Å². The summed E-state index contributed by atoms with van der Waals surface area (Å²) in [6, 6.07) is 85.0. The monoisotopic (exact) mass is 765 g/mol. The molecule has 0 N–H and O–H groups in total. The van der Waals surface area contributed by atoms with Crippen molar-refractivity contribution < 1.29 is 4.42 Å². The second-order valence-corrected chi connectivity index (χ2v) is 15.2. The molecule has 0 atom stereocenters. The predicted octanol–water partition coefficient (Wildman–Crippen LogP) is 16.5. The van der Waals surface area contributed by atoms with Gasteiger partial charge in [0.1, 0.15) is 11.2 Å². The third kappa shape index (κ3) is 6.23. The summed E-state index contributed by atoms with van der Waals surface area (Å²) in [7, 11) is 0.